The quantitative estimate of drug-likeness (QED) is 0.842. The van der Waals surface area contributed by atoms with E-state index < -0.39 is 0 Å². The molecule has 0 bridgehead atoms. The lowest BCUT2D eigenvalue weighted by molar-refractivity contribution is 0.190. The molecule has 1 aromatic rings. The summed E-state index contributed by atoms with van der Waals surface area (Å²) in [7, 11) is 2.16. The van der Waals surface area contributed by atoms with Crippen LogP contribution < -0.4 is 5.32 Å². The molecule has 0 saturated carbocycles. The SMILES string of the molecule is CC1CC(Nc2cnccc2C#N)CCN1C. The van der Waals surface area contributed by atoms with Gasteiger partial charge in [-0.2, -0.15) is 5.26 Å². The van der Waals surface area contributed by atoms with Crippen molar-refractivity contribution < 1.29 is 0 Å². The first kappa shape index (κ1) is 11.9. The highest BCUT2D eigenvalue weighted by Crippen LogP contribution is 2.21. The molecule has 2 heterocycles. The van der Waals surface area contributed by atoms with Gasteiger partial charge in [-0.1, -0.05) is 0 Å². The van der Waals surface area contributed by atoms with Crippen LogP contribution in [0.2, 0.25) is 0 Å². The van der Waals surface area contributed by atoms with Gasteiger partial charge < -0.3 is 10.2 Å². The predicted octanol–water partition coefficient (Wildman–Crippen LogP) is 1.85. The Balaban J connectivity index is 2.04. The van der Waals surface area contributed by atoms with Crippen molar-refractivity contribution in [1.82, 2.24) is 9.88 Å². The number of nitrogens with zero attached hydrogens (tertiary/aromatic N) is 3. The van der Waals surface area contributed by atoms with E-state index in [4.69, 9.17) is 5.26 Å². The molecule has 17 heavy (non-hydrogen) atoms. The molecule has 4 heteroatoms. The van der Waals surface area contributed by atoms with Gasteiger partial charge in [-0.05, 0) is 32.9 Å². The van der Waals surface area contributed by atoms with Gasteiger partial charge in [0.15, 0.2) is 0 Å². The molecule has 2 unspecified atom stereocenters. The van der Waals surface area contributed by atoms with Crippen LogP contribution in [0.3, 0.4) is 0 Å². The van der Waals surface area contributed by atoms with Crippen LogP contribution >= 0.6 is 0 Å². The molecule has 2 rings (SSSR count). The van der Waals surface area contributed by atoms with E-state index in [2.05, 4.69) is 35.2 Å². The fraction of sp³-hybridized carbons (Fsp3) is 0.538. The van der Waals surface area contributed by atoms with Crippen LogP contribution in [-0.2, 0) is 0 Å². The summed E-state index contributed by atoms with van der Waals surface area (Å²) in [6.45, 7) is 3.34. The van der Waals surface area contributed by atoms with Crippen molar-refractivity contribution in [2.75, 3.05) is 18.9 Å². The summed E-state index contributed by atoms with van der Waals surface area (Å²) in [4.78, 5) is 6.44. The number of aromatic nitrogens is 1. The molecule has 1 N–H and O–H groups in total. The third-order valence-corrected chi connectivity index (χ3v) is 3.51. The average Bonchev–Trinajstić information content (AvgIpc) is 2.34. The number of nitrogens with one attached hydrogen (secondary N) is 1. The smallest absolute Gasteiger partial charge is 0.101 e. The standard InChI is InChI=1S/C13H18N4/c1-10-7-12(4-6-17(10)2)16-13-9-15-5-3-11(13)8-14/h3,5,9-10,12,16H,4,6-7H2,1-2H3. The predicted molar refractivity (Wildman–Crippen MR) is 67.7 cm³/mol. The average molecular weight is 230 g/mol. The molecule has 0 spiro atoms. The molecule has 0 amide bonds. The molecule has 1 aliphatic heterocycles. The second-order valence-electron chi connectivity index (χ2n) is 4.73. The Bertz CT molecular complexity index is 424. The first-order valence-corrected chi connectivity index (χ1v) is 6.01. The summed E-state index contributed by atoms with van der Waals surface area (Å²) < 4.78 is 0. The van der Waals surface area contributed by atoms with Crippen molar-refractivity contribution >= 4 is 5.69 Å². The minimum Gasteiger partial charge on any atom is -0.380 e. The Morgan fingerprint density at radius 1 is 1.59 bits per heavy atom. The van der Waals surface area contributed by atoms with Crippen LogP contribution in [-0.4, -0.2) is 35.6 Å². The number of hydrogen-bond donors (Lipinski definition) is 1. The van der Waals surface area contributed by atoms with Crippen LogP contribution in [0, 0.1) is 11.3 Å². The first-order valence-electron chi connectivity index (χ1n) is 6.01. The number of rotatable bonds is 2. The van der Waals surface area contributed by atoms with Crippen molar-refractivity contribution in [2.24, 2.45) is 0 Å². The van der Waals surface area contributed by atoms with E-state index >= 15 is 0 Å². The van der Waals surface area contributed by atoms with Crippen molar-refractivity contribution in [3.8, 4) is 6.07 Å². The molecule has 1 fully saturated rings. The number of nitriles is 1. The number of likely N-dealkylation sites (tertiary alicyclic amines) is 1. The zero-order valence-electron chi connectivity index (χ0n) is 10.3. The Morgan fingerprint density at radius 2 is 2.41 bits per heavy atom. The Labute approximate surface area is 102 Å². The van der Waals surface area contributed by atoms with E-state index in [0.29, 0.717) is 17.6 Å². The van der Waals surface area contributed by atoms with Crippen molar-refractivity contribution in [2.45, 2.75) is 31.8 Å². The van der Waals surface area contributed by atoms with Gasteiger partial charge in [0.05, 0.1) is 17.4 Å². The molecule has 4 nitrogen and oxygen atoms in total. The number of hydrogen-bond acceptors (Lipinski definition) is 4. The summed E-state index contributed by atoms with van der Waals surface area (Å²) in [6.07, 6.45) is 5.61. The Morgan fingerprint density at radius 3 is 3.12 bits per heavy atom. The van der Waals surface area contributed by atoms with Gasteiger partial charge in [0, 0.05) is 24.8 Å². The molecular weight excluding hydrogens is 212 g/mol. The summed E-state index contributed by atoms with van der Waals surface area (Å²) >= 11 is 0. The largest absolute Gasteiger partial charge is 0.380 e. The van der Waals surface area contributed by atoms with Crippen molar-refractivity contribution in [3.63, 3.8) is 0 Å². The third kappa shape index (κ3) is 2.75. The Hall–Kier alpha value is -1.60. The van der Waals surface area contributed by atoms with Gasteiger partial charge in [-0.25, -0.2) is 0 Å². The maximum Gasteiger partial charge on any atom is 0.101 e. The highest BCUT2D eigenvalue weighted by atomic mass is 15.1. The number of anilines is 1. The molecule has 2 atom stereocenters. The van der Waals surface area contributed by atoms with Gasteiger partial charge in [0.25, 0.3) is 0 Å². The highest BCUT2D eigenvalue weighted by molar-refractivity contribution is 5.55. The number of pyridine rings is 1. The molecule has 1 aliphatic rings. The molecule has 1 saturated heterocycles. The second-order valence-corrected chi connectivity index (χ2v) is 4.73. The maximum atomic E-state index is 9.02. The van der Waals surface area contributed by atoms with Crippen LogP contribution in [0.4, 0.5) is 5.69 Å². The van der Waals surface area contributed by atoms with Crippen LogP contribution in [0.15, 0.2) is 18.5 Å². The lowest BCUT2D eigenvalue weighted by Gasteiger charge is -2.35. The molecule has 90 valence electrons. The minimum atomic E-state index is 0.442. The molecule has 1 aromatic heterocycles. The van der Waals surface area contributed by atoms with Crippen molar-refractivity contribution in [1.29, 1.82) is 5.26 Å². The topological polar surface area (TPSA) is 52.0 Å². The van der Waals surface area contributed by atoms with E-state index in [1.54, 1.807) is 18.5 Å². The first-order chi connectivity index (χ1) is 8.20. The van der Waals surface area contributed by atoms with E-state index in [1.807, 2.05) is 0 Å². The fourth-order valence-electron chi connectivity index (χ4n) is 2.25. The Kier molecular flexibility index (Phi) is 3.60. The van der Waals surface area contributed by atoms with Crippen molar-refractivity contribution in [3.05, 3.63) is 24.0 Å². The number of piperidine rings is 1. The second kappa shape index (κ2) is 5.15. The van der Waals surface area contributed by atoms with E-state index in [-0.39, 0.29) is 0 Å². The summed E-state index contributed by atoms with van der Waals surface area (Å²) in [5, 5.41) is 12.5. The van der Waals surface area contributed by atoms with Gasteiger partial charge in [-0.15, -0.1) is 0 Å². The van der Waals surface area contributed by atoms with Gasteiger partial charge in [0.1, 0.15) is 6.07 Å². The summed E-state index contributed by atoms with van der Waals surface area (Å²) in [5.41, 5.74) is 1.53. The zero-order valence-corrected chi connectivity index (χ0v) is 10.3. The van der Waals surface area contributed by atoms with E-state index in [1.165, 1.54) is 0 Å². The van der Waals surface area contributed by atoms with Gasteiger partial charge in [-0.3, -0.25) is 4.98 Å². The summed E-state index contributed by atoms with van der Waals surface area (Å²) in [6, 6.07) is 4.97. The monoisotopic (exact) mass is 230 g/mol. The van der Waals surface area contributed by atoms with E-state index in [0.717, 1.165) is 25.1 Å². The summed E-state index contributed by atoms with van der Waals surface area (Å²) in [5.74, 6) is 0. The van der Waals surface area contributed by atoms with Gasteiger partial charge >= 0.3 is 0 Å². The zero-order chi connectivity index (χ0) is 12.3. The maximum absolute atomic E-state index is 9.02. The minimum absolute atomic E-state index is 0.442. The van der Waals surface area contributed by atoms with E-state index in [9.17, 15) is 0 Å². The molecule has 0 aromatic carbocycles. The van der Waals surface area contributed by atoms with Gasteiger partial charge in [0.2, 0.25) is 0 Å². The lowest BCUT2D eigenvalue weighted by Crippen LogP contribution is -2.42. The van der Waals surface area contributed by atoms with Crippen LogP contribution in [0.25, 0.3) is 0 Å². The fourth-order valence-corrected chi connectivity index (χ4v) is 2.25. The highest BCUT2D eigenvalue weighted by Gasteiger charge is 2.22. The normalized spacial score (nSPS) is 25.2. The lowest BCUT2D eigenvalue weighted by atomic mass is 9.98. The third-order valence-electron chi connectivity index (χ3n) is 3.51. The molecular formula is C13H18N4. The molecule has 0 aliphatic carbocycles. The molecule has 0 radical (unpaired) electrons. The van der Waals surface area contributed by atoms with Crippen LogP contribution in [0.5, 0.6) is 0 Å². The van der Waals surface area contributed by atoms with Crippen LogP contribution in [0.1, 0.15) is 25.3 Å².